The number of hydrogen-bond acceptors (Lipinski definition) is 5. The van der Waals surface area contributed by atoms with Crippen LogP contribution in [-0.2, 0) is 6.42 Å². The van der Waals surface area contributed by atoms with Gasteiger partial charge in [-0.2, -0.15) is 0 Å². The molecule has 7 heteroatoms. The molecule has 1 N–H and O–H groups in total. The van der Waals surface area contributed by atoms with Crippen LogP contribution in [0.5, 0.6) is 0 Å². The second-order valence-electron chi connectivity index (χ2n) is 5.57. The fraction of sp³-hybridized carbons (Fsp3) is 0.333. The topological polar surface area (TPSA) is 76.9 Å². The minimum atomic E-state index is -1.08. The zero-order valence-electron chi connectivity index (χ0n) is 11.6. The highest BCUT2D eigenvalue weighted by Gasteiger charge is 2.23. The highest BCUT2D eigenvalue weighted by molar-refractivity contribution is 5.89. The number of halogens is 1. The summed E-state index contributed by atoms with van der Waals surface area (Å²) in [6.07, 6.45) is 1.62. The van der Waals surface area contributed by atoms with E-state index in [-0.39, 0.29) is 11.5 Å². The Morgan fingerprint density at radius 3 is 2.95 bits per heavy atom. The summed E-state index contributed by atoms with van der Waals surface area (Å²) in [5.41, 5.74) is -0.747. The van der Waals surface area contributed by atoms with Gasteiger partial charge in [0.2, 0.25) is 5.71 Å². The van der Waals surface area contributed by atoms with E-state index in [2.05, 4.69) is 5.32 Å². The number of aromatic nitrogens is 1. The molecule has 1 aliphatic rings. The van der Waals surface area contributed by atoms with Crippen LogP contribution in [0.1, 0.15) is 12.0 Å². The summed E-state index contributed by atoms with van der Waals surface area (Å²) in [6, 6.07) is 4.16. The van der Waals surface area contributed by atoms with E-state index in [0.717, 1.165) is 19.5 Å². The third-order valence-corrected chi connectivity index (χ3v) is 4.13. The number of benzene rings is 1. The van der Waals surface area contributed by atoms with E-state index in [1.165, 1.54) is 22.8 Å². The summed E-state index contributed by atoms with van der Waals surface area (Å²) in [4.78, 5) is 22.9. The molecule has 1 aromatic carbocycles. The minimum absolute atomic E-state index is 0.178. The van der Waals surface area contributed by atoms with Crippen LogP contribution in [0.15, 0.2) is 36.7 Å². The van der Waals surface area contributed by atoms with Crippen molar-refractivity contribution in [2.75, 3.05) is 13.1 Å². The first-order valence-corrected chi connectivity index (χ1v) is 7.11. The molecule has 22 heavy (non-hydrogen) atoms. The van der Waals surface area contributed by atoms with Gasteiger partial charge in [-0.1, -0.05) is 0 Å². The molecule has 3 aromatic rings. The standard InChI is InChI=1S/C15H13FN2O4/c16-9-1-2-12-10(6-9)11(5-8-3-4-17-7-8)13-18(12)22-15(20)14(19)21-13/h1-2,6,8,17H,3-5,7H2. The van der Waals surface area contributed by atoms with Gasteiger partial charge >= 0.3 is 11.3 Å². The molecule has 0 amide bonds. The Kier molecular flexibility index (Phi) is 2.90. The Morgan fingerprint density at radius 1 is 1.32 bits per heavy atom. The van der Waals surface area contributed by atoms with Gasteiger partial charge in [-0.3, -0.25) is 0 Å². The Hall–Kier alpha value is -2.41. The van der Waals surface area contributed by atoms with Crippen LogP contribution in [0.3, 0.4) is 0 Å². The number of nitrogens with zero attached hydrogens (tertiary/aromatic N) is 1. The van der Waals surface area contributed by atoms with Crippen molar-refractivity contribution in [3.05, 3.63) is 50.4 Å². The van der Waals surface area contributed by atoms with Gasteiger partial charge in [0.1, 0.15) is 5.82 Å². The molecule has 1 fully saturated rings. The van der Waals surface area contributed by atoms with Crippen molar-refractivity contribution in [2.45, 2.75) is 12.8 Å². The van der Waals surface area contributed by atoms with Gasteiger partial charge in [0.15, 0.2) is 0 Å². The lowest BCUT2D eigenvalue weighted by Crippen LogP contribution is -2.23. The molecule has 1 atom stereocenters. The first-order chi connectivity index (χ1) is 10.6. The van der Waals surface area contributed by atoms with Crippen molar-refractivity contribution in [1.82, 2.24) is 9.89 Å². The molecular weight excluding hydrogens is 291 g/mol. The van der Waals surface area contributed by atoms with Gasteiger partial charge < -0.3 is 14.3 Å². The smallest absolute Gasteiger partial charge is 0.397 e. The van der Waals surface area contributed by atoms with E-state index in [4.69, 9.17) is 8.94 Å². The lowest BCUT2D eigenvalue weighted by Gasteiger charge is -2.06. The molecule has 4 rings (SSSR count). The molecule has 2 aromatic heterocycles. The molecule has 114 valence electrons. The van der Waals surface area contributed by atoms with Crippen LogP contribution in [-0.4, -0.2) is 17.7 Å². The monoisotopic (exact) mass is 304 g/mol. The molecule has 6 nitrogen and oxygen atoms in total. The van der Waals surface area contributed by atoms with Crippen LogP contribution >= 0.6 is 0 Å². The predicted octanol–water partition coefficient (Wildman–Crippen LogP) is 1.29. The van der Waals surface area contributed by atoms with Crippen LogP contribution in [0.2, 0.25) is 0 Å². The summed E-state index contributed by atoms with van der Waals surface area (Å²) < 4.78 is 24.9. The zero-order valence-corrected chi connectivity index (χ0v) is 11.6. The maximum atomic E-state index is 13.6. The van der Waals surface area contributed by atoms with Crippen LogP contribution < -0.4 is 16.6 Å². The molecule has 0 radical (unpaired) electrons. The highest BCUT2D eigenvalue weighted by atomic mass is 19.1. The van der Waals surface area contributed by atoms with Crippen molar-refractivity contribution in [3.8, 4) is 0 Å². The summed E-state index contributed by atoms with van der Waals surface area (Å²) in [7, 11) is 0. The lowest BCUT2D eigenvalue weighted by atomic mass is 9.98. The number of nitrogens with one attached hydrogen (secondary N) is 1. The predicted molar refractivity (Wildman–Crippen MR) is 76.6 cm³/mol. The molecular formula is C15H13FN2O4. The third-order valence-electron chi connectivity index (χ3n) is 4.13. The first kappa shape index (κ1) is 13.3. The van der Waals surface area contributed by atoms with Crippen LogP contribution in [0.25, 0.3) is 16.6 Å². The summed E-state index contributed by atoms with van der Waals surface area (Å²) in [6.45, 7) is 1.79. The molecule has 1 aliphatic heterocycles. The number of rotatable bonds is 2. The molecule has 0 bridgehead atoms. The summed E-state index contributed by atoms with van der Waals surface area (Å²) >= 11 is 0. The van der Waals surface area contributed by atoms with E-state index < -0.39 is 11.3 Å². The van der Waals surface area contributed by atoms with Crippen molar-refractivity contribution in [3.63, 3.8) is 0 Å². The SMILES string of the molecule is O=c1oc2c(CC3CCNC3)c3cc(F)ccc3n2oc1=O. The van der Waals surface area contributed by atoms with E-state index >= 15 is 0 Å². The van der Waals surface area contributed by atoms with Crippen molar-refractivity contribution in [1.29, 1.82) is 0 Å². The largest absolute Gasteiger partial charge is 0.442 e. The van der Waals surface area contributed by atoms with Gasteiger partial charge in [-0.05, 0) is 50.0 Å². The van der Waals surface area contributed by atoms with Crippen molar-refractivity contribution >= 4 is 16.6 Å². The van der Waals surface area contributed by atoms with Crippen molar-refractivity contribution < 1.29 is 13.3 Å². The van der Waals surface area contributed by atoms with Gasteiger partial charge in [0, 0.05) is 10.9 Å². The second kappa shape index (κ2) is 4.81. The average molecular weight is 304 g/mol. The number of fused-ring (bicyclic) bond motifs is 3. The lowest BCUT2D eigenvalue weighted by molar-refractivity contribution is 0.285. The van der Waals surface area contributed by atoms with Crippen molar-refractivity contribution in [2.24, 2.45) is 5.92 Å². The Bertz CT molecular complexity index is 979. The minimum Gasteiger partial charge on any atom is -0.397 e. The summed E-state index contributed by atoms with van der Waals surface area (Å²) in [5, 5.41) is 3.87. The van der Waals surface area contributed by atoms with Crippen LogP contribution in [0.4, 0.5) is 4.39 Å². The van der Waals surface area contributed by atoms with E-state index in [1.54, 1.807) is 0 Å². The highest BCUT2D eigenvalue weighted by Crippen LogP contribution is 2.29. The van der Waals surface area contributed by atoms with E-state index in [0.29, 0.717) is 28.8 Å². The Labute approximate surface area is 123 Å². The molecule has 0 aliphatic carbocycles. The molecule has 1 unspecified atom stereocenters. The third kappa shape index (κ3) is 1.97. The second-order valence-corrected chi connectivity index (χ2v) is 5.57. The Morgan fingerprint density at radius 2 is 2.18 bits per heavy atom. The van der Waals surface area contributed by atoms with E-state index in [1.807, 2.05) is 0 Å². The fourth-order valence-corrected chi connectivity index (χ4v) is 3.09. The maximum Gasteiger partial charge on any atom is 0.442 e. The quantitative estimate of drug-likeness (QED) is 0.722. The fourth-order valence-electron chi connectivity index (χ4n) is 3.09. The molecule has 1 saturated heterocycles. The first-order valence-electron chi connectivity index (χ1n) is 7.11. The normalized spacial score (nSPS) is 18.5. The Balaban J connectivity index is 2.04. The van der Waals surface area contributed by atoms with Gasteiger partial charge in [-0.25, -0.2) is 14.0 Å². The van der Waals surface area contributed by atoms with E-state index in [9.17, 15) is 14.0 Å². The molecule has 3 heterocycles. The summed E-state index contributed by atoms with van der Waals surface area (Å²) in [5.74, 6) is -0.0196. The zero-order chi connectivity index (χ0) is 15.3. The molecule has 0 spiro atoms. The number of hydrogen-bond donors (Lipinski definition) is 1. The van der Waals surface area contributed by atoms with Gasteiger partial charge in [-0.15, -0.1) is 4.57 Å². The molecule has 0 saturated carbocycles. The van der Waals surface area contributed by atoms with Gasteiger partial charge in [0.05, 0.1) is 5.52 Å². The average Bonchev–Trinajstić information content (AvgIpc) is 3.09. The maximum absolute atomic E-state index is 13.6. The van der Waals surface area contributed by atoms with Gasteiger partial charge in [0.25, 0.3) is 0 Å². The van der Waals surface area contributed by atoms with Crippen LogP contribution in [0, 0.1) is 11.7 Å².